The van der Waals surface area contributed by atoms with Crippen LogP contribution in [0.4, 0.5) is 5.69 Å². The molecule has 7 heteroatoms. The maximum absolute atomic E-state index is 12.5. The number of benzene rings is 2. The maximum Gasteiger partial charge on any atom is 0.227 e. The summed E-state index contributed by atoms with van der Waals surface area (Å²) >= 11 is 6.07. The van der Waals surface area contributed by atoms with Gasteiger partial charge in [0.15, 0.2) is 0 Å². The average molecular weight is 397 g/mol. The number of anilines is 1. The predicted molar refractivity (Wildman–Crippen MR) is 108 cm³/mol. The first kappa shape index (κ1) is 18.5. The molecule has 3 aromatic rings. The minimum Gasteiger partial charge on any atom is -0.368 e. The number of hydrogen-bond donors (Lipinski definition) is 0. The van der Waals surface area contributed by atoms with Crippen LogP contribution in [0.1, 0.15) is 12.3 Å². The molecule has 0 atom stereocenters. The van der Waals surface area contributed by atoms with E-state index in [1.54, 1.807) is 0 Å². The second kappa shape index (κ2) is 8.44. The van der Waals surface area contributed by atoms with Crippen molar-refractivity contribution in [2.75, 3.05) is 31.1 Å². The van der Waals surface area contributed by atoms with Gasteiger partial charge in [0.25, 0.3) is 0 Å². The maximum atomic E-state index is 12.5. The fourth-order valence-electron chi connectivity index (χ4n) is 3.32. The van der Waals surface area contributed by atoms with E-state index in [2.05, 4.69) is 15.0 Å². The monoisotopic (exact) mass is 396 g/mol. The van der Waals surface area contributed by atoms with Gasteiger partial charge in [-0.2, -0.15) is 4.98 Å². The molecule has 1 aromatic heterocycles. The van der Waals surface area contributed by atoms with E-state index in [0.717, 1.165) is 29.4 Å². The highest BCUT2D eigenvalue weighted by Gasteiger charge is 2.22. The van der Waals surface area contributed by atoms with Gasteiger partial charge in [0.1, 0.15) is 0 Å². The molecule has 2 aromatic carbocycles. The molecule has 0 saturated carbocycles. The Kier molecular flexibility index (Phi) is 5.58. The number of hydrogen-bond acceptors (Lipinski definition) is 5. The molecule has 144 valence electrons. The third kappa shape index (κ3) is 4.34. The molecular weight excluding hydrogens is 376 g/mol. The van der Waals surface area contributed by atoms with E-state index in [0.29, 0.717) is 37.6 Å². The van der Waals surface area contributed by atoms with E-state index in [9.17, 15) is 4.79 Å². The molecule has 1 fully saturated rings. The van der Waals surface area contributed by atoms with E-state index in [-0.39, 0.29) is 5.91 Å². The van der Waals surface area contributed by atoms with Gasteiger partial charge in [-0.25, -0.2) is 0 Å². The number of nitrogens with zero attached hydrogens (tertiary/aromatic N) is 4. The van der Waals surface area contributed by atoms with E-state index < -0.39 is 0 Å². The summed E-state index contributed by atoms with van der Waals surface area (Å²) in [4.78, 5) is 21.1. The van der Waals surface area contributed by atoms with Crippen molar-refractivity contribution in [2.45, 2.75) is 12.8 Å². The number of aromatic nitrogens is 2. The van der Waals surface area contributed by atoms with Gasteiger partial charge in [-0.1, -0.05) is 53.2 Å². The number of halogens is 1. The second-order valence-corrected chi connectivity index (χ2v) is 7.16. The van der Waals surface area contributed by atoms with Crippen molar-refractivity contribution in [3.63, 3.8) is 0 Å². The topological polar surface area (TPSA) is 62.5 Å². The van der Waals surface area contributed by atoms with Gasteiger partial charge >= 0.3 is 0 Å². The molecule has 0 N–H and O–H groups in total. The lowest BCUT2D eigenvalue weighted by molar-refractivity contribution is -0.131. The molecule has 0 spiro atoms. The van der Waals surface area contributed by atoms with Crippen LogP contribution in [0, 0.1) is 0 Å². The second-order valence-electron chi connectivity index (χ2n) is 6.73. The minimum absolute atomic E-state index is 0.116. The predicted octanol–water partition coefficient (Wildman–Crippen LogP) is 3.67. The SMILES string of the molecule is O=C(CCc1nc(-c2ccccc2)no1)N1CCN(c2cccc(Cl)c2)CC1. The minimum atomic E-state index is 0.116. The summed E-state index contributed by atoms with van der Waals surface area (Å²) in [5.74, 6) is 1.16. The highest BCUT2D eigenvalue weighted by molar-refractivity contribution is 6.30. The third-order valence-corrected chi connectivity index (χ3v) is 5.09. The van der Waals surface area contributed by atoms with Gasteiger partial charge in [0, 0.05) is 55.3 Å². The molecule has 28 heavy (non-hydrogen) atoms. The fourth-order valence-corrected chi connectivity index (χ4v) is 3.50. The third-order valence-electron chi connectivity index (χ3n) is 4.86. The zero-order valence-corrected chi connectivity index (χ0v) is 16.2. The number of rotatable bonds is 5. The quantitative estimate of drug-likeness (QED) is 0.658. The van der Waals surface area contributed by atoms with E-state index in [1.165, 1.54) is 0 Å². The summed E-state index contributed by atoms with van der Waals surface area (Å²) in [6.45, 7) is 2.99. The lowest BCUT2D eigenvalue weighted by Crippen LogP contribution is -2.48. The fraction of sp³-hybridized carbons (Fsp3) is 0.286. The van der Waals surface area contributed by atoms with Crippen LogP contribution in [-0.4, -0.2) is 47.1 Å². The summed E-state index contributed by atoms with van der Waals surface area (Å²) < 4.78 is 5.29. The van der Waals surface area contributed by atoms with Crippen molar-refractivity contribution in [2.24, 2.45) is 0 Å². The van der Waals surface area contributed by atoms with Crippen molar-refractivity contribution in [1.82, 2.24) is 15.0 Å². The van der Waals surface area contributed by atoms with Crippen molar-refractivity contribution in [1.29, 1.82) is 0 Å². The summed E-state index contributed by atoms with van der Waals surface area (Å²) in [6, 6.07) is 17.5. The molecule has 0 bridgehead atoms. The Morgan fingerprint density at radius 1 is 1.04 bits per heavy atom. The smallest absolute Gasteiger partial charge is 0.227 e. The molecule has 1 amide bonds. The van der Waals surface area contributed by atoms with Crippen LogP contribution in [0.5, 0.6) is 0 Å². The molecule has 1 aliphatic heterocycles. The molecule has 4 rings (SSSR count). The van der Waals surface area contributed by atoms with Crippen LogP contribution < -0.4 is 4.90 Å². The molecule has 6 nitrogen and oxygen atoms in total. The molecule has 0 unspecified atom stereocenters. The van der Waals surface area contributed by atoms with Crippen molar-refractivity contribution in [3.8, 4) is 11.4 Å². The number of piperazine rings is 1. The van der Waals surface area contributed by atoms with E-state index in [4.69, 9.17) is 16.1 Å². The first-order chi connectivity index (χ1) is 13.7. The van der Waals surface area contributed by atoms with Gasteiger partial charge in [0.2, 0.25) is 17.6 Å². The number of carbonyl (C=O) groups is 1. The highest BCUT2D eigenvalue weighted by Crippen LogP contribution is 2.21. The Morgan fingerprint density at radius 2 is 1.82 bits per heavy atom. The van der Waals surface area contributed by atoms with E-state index >= 15 is 0 Å². The Labute approximate surface area is 168 Å². The van der Waals surface area contributed by atoms with Crippen molar-refractivity contribution in [3.05, 3.63) is 65.5 Å². The average Bonchev–Trinajstić information content (AvgIpc) is 3.22. The van der Waals surface area contributed by atoms with Crippen LogP contribution in [0.3, 0.4) is 0 Å². The molecule has 1 aliphatic rings. The molecular formula is C21H21ClN4O2. The highest BCUT2D eigenvalue weighted by atomic mass is 35.5. The number of aryl methyl sites for hydroxylation is 1. The van der Waals surface area contributed by atoms with Crippen LogP contribution in [-0.2, 0) is 11.2 Å². The summed E-state index contributed by atoms with van der Waals surface area (Å²) in [6.07, 6.45) is 0.820. The standard InChI is InChI=1S/C21H21ClN4O2/c22-17-7-4-8-18(15-17)25-11-13-26(14-12-25)20(27)10-9-19-23-21(24-28-19)16-5-2-1-3-6-16/h1-8,15H,9-14H2. The van der Waals surface area contributed by atoms with Crippen LogP contribution in [0.25, 0.3) is 11.4 Å². The van der Waals surface area contributed by atoms with E-state index in [1.807, 2.05) is 59.5 Å². The summed E-state index contributed by atoms with van der Waals surface area (Å²) in [7, 11) is 0. The van der Waals surface area contributed by atoms with Crippen molar-refractivity contribution >= 4 is 23.2 Å². The largest absolute Gasteiger partial charge is 0.368 e. The van der Waals surface area contributed by atoms with Crippen LogP contribution in [0.15, 0.2) is 59.1 Å². The molecule has 2 heterocycles. The summed E-state index contributed by atoms with van der Waals surface area (Å²) in [5.41, 5.74) is 2.00. The van der Waals surface area contributed by atoms with Gasteiger partial charge in [-0.15, -0.1) is 0 Å². The molecule has 0 aliphatic carbocycles. The molecule has 1 saturated heterocycles. The van der Waals surface area contributed by atoms with Crippen molar-refractivity contribution < 1.29 is 9.32 Å². The Bertz CT molecular complexity index is 936. The summed E-state index contributed by atoms with van der Waals surface area (Å²) in [5, 5.41) is 4.73. The van der Waals surface area contributed by atoms with Crippen LogP contribution in [0.2, 0.25) is 5.02 Å². The first-order valence-corrected chi connectivity index (χ1v) is 9.73. The number of carbonyl (C=O) groups excluding carboxylic acids is 1. The zero-order chi connectivity index (χ0) is 19.3. The lowest BCUT2D eigenvalue weighted by atomic mass is 10.2. The Hall–Kier alpha value is -2.86. The lowest BCUT2D eigenvalue weighted by Gasteiger charge is -2.36. The van der Waals surface area contributed by atoms with Gasteiger partial charge in [0.05, 0.1) is 0 Å². The first-order valence-electron chi connectivity index (χ1n) is 9.35. The molecule has 0 radical (unpaired) electrons. The van der Waals surface area contributed by atoms with Gasteiger partial charge in [-0.3, -0.25) is 4.79 Å². The zero-order valence-electron chi connectivity index (χ0n) is 15.4. The van der Waals surface area contributed by atoms with Gasteiger partial charge < -0.3 is 14.3 Å². The normalized spacial score (nSPS) is 14.3. The Balaban J connectivity index is 1.28. The number of amides is 1. The van der Waals surface area contributed by atoms with Gasteiger partial charge in [-0.05, 0) is 18.2 Å². The van der Waals surface area contributed by atoms with Crippen LogP contribution >= 0.6 is 11.6 Å². The Morgan fingerprint density at radius 3 is 2.57 bits per heavy atom.